The summed E-state index contributed by atoms with van der Waals surface area (Å²) in [5.41, 5.74) is 20.0. The average molecular weight is 1090 g/mol. The Labute approximate surface area is 443 Å². The standard InChI is InChI=1S/C64H44Br2N6O2/c1-4-71-55-19-9-37-23-47(55)49-26-42(14-20-57(49)71)63(40-10-6-35(34-73)7-11-40)51-24-38(30-67-59(51)61-53(63)28-44(65)32-69-61)36-8-18-56-48(22-36)50-27-43(15-21-58(50)72(56)5-2)64(41-12-16-46(74-3)17-13-41)52-25-39(37)31-68-60(52)62-54(64)29-45(66)33-70-62/h6-33,73H,4-5,34H2,1-3H3/t63-,64+/m0/s1. The molecule has 0 saturated carbocycles. The average Bonchev–Trinajstić information content (AvgIpc) is 4.13. The van der Waals surface area contributed by atoms with E-state index in [4.69, 9.17) is 24.7 Å². The third-order valence-electron chi connectivity index (χ3n) is 16.5. The van der Waals surface area contributed by atoms with Crippen molar-refractivity contribution < 1.29 is 9.84 Å². The van der Waals surface area contributed by atoms with Gasteiger partial charge in [-0.3, -0.25) is 19.9 Å². The van der Waals surface area contributed by atoms with E-state index in [2.05, 4.69) is 188 Å². The molecule has 0 radical (unpaired) electrons. The topological polar surface area (TPSA) is 90.9 Å². The lowest BCUT2D eigenvalue weighted by molar-refractivity contribution is 0.282. The molecular formula is C64H44Br2N6O2. The molecule has 0 aliphatic heterocycles. The molecule has 0 fully saturated rings. The summed E-state index contributed by atoms with van der Waals surface area (Å²) in [5.74, 6) is 0.789. The van der Waals surface area contributed by atoms with Crippen molar-refractivity contribution in [3.8, 4) is 50.8 Å². The SMILES string of the molecule is CCn1c2ccc3cc2c2cc(ccc21)[C@@]1(c2ccc(OC)cc2)c2cc(Br)cnc2-c2ncc(cc21)-c1ccc2c(c1)c1cc(ccc1n2CC)[C@]1(c2ccc(CO)cc2)c2cc(Br)cnc2-c2ncc-3cc21. The number of hydrogen-bond acceptors (Lipinski definition) is 6. The zero-order valence-corrected chi connectivity index (χ0v) is 43.8. The third-order valence-corrected chi connectivity index (χ3v) is 17.4. The van der Waals surface area contributed by atoms with Crippen molar-refractivity contribution in [2.24, 2.45) is 0 Å². The molecule has 10 heteroatoms. The predicted molar refractivity (Wildman–Crippen MR) is 302 cm³/mol. The van der Waals surface area contributed by atoms with Crippen molar-refractivity contribution in [3.63, 3.8) is 0 Å². The van der Waals surface area contributed by atoms with Gasteiger partial charge in [0.05, 0.1) is 47.3 Å². The van der Waals surface area contributed by atoms with Gasteiger partial charge < -0.3 is 19.0 Å². The highest BCUT2D eigenvalue weighted by molar-refractivity contribution is 9.10. The van der Waals surface area contributed by atoms with Crippen molar-refractivity contribution in [2.75, 3.05) is 7.11 Å². The van der Waals surface area contributed by atoms with E-state index in [9.17, 15) is 5.11 Å². The van der Waals surface area contributed by atoms with Crippen molar-refractivity contribution in [1.29, 1.82) is 0 Å². The van der Waals surface area contributed by atoms with Crippen LogP contribution in [0.2, 0.25) is 0 Å². The van der Waals surface area contributed by atoms with Crippen molar-refractivity contribution in [2.45, 2.75) is 44.4 Å². The zero-order valence-electron chi connectivity index (χ0n) is 40.6. The molecule has 0 spiro atoms. The van der Waals surface area contributed by atoms with Gasteiger partial charge in [-0.05, 0) is 170 Å². The molecule has 3 aliphatic carbocycles. The molecule has 6 aromatic carbocycles. The molecule has 2 atom stereocenters. The highest BCUT2D eigenvalue weighted by Crippen LogP contribution is 2.59. The van der Waals surface area contributed by atoms with Crippen LogP contribution in [0.5, 0.6) is 5.75 Å². The summed E-state index contributed by atoms with van der Waals surface area (Å²) >= 11 is 7.74. The Bertz CT molecular complexity index is 4130. The summed E-state index contributed by atoms with van der Waals surface area (Å²) in [6, 6.07) is 54.1. The Balaban J connectivity index is 1.12. The van der Waals surface area contributed by atoms with Crippen LogP contribution in [0.25, 0.3) is 88.6 Å². The second-order valence-electron chi connectivity index (χ2n) is 19.8. The monoisotopic (exact) mass is 1090 g/mol. The molecule has 6 aromatic heterocycles. The zero-order chi connectivity index (χ0) is 49.8. The summed E-state index contributed by atoms with van der Waals surface area (Å²) in [6.07, 6.45) is 7.82. The van der Waals surface area contributed by atoms with Crippen LogP contribution in [0, 0.1) is 0 Å². The minimum atomic E-state index is -0.838. The molecule has 6 heterocycles. The van der Waals surface area contributed by atoms with E-state index in [1.165, 1.54) is 0 Å². The van der Waals surface area contributed by atoms with Crippen LogP contribution in [0.3, 0.4) is 0 Å². The van der Waals surface area contributed by atoms with Gasteiger partial charge in [0.25, 0.3) is 0 Å². The number of ether oxygens (including phenoxy) is 1. The maximum absolute atomic E-state index is 10.3. The first-order valence-electron chi connectivity index (χ1n) is 25.1. The van der Waals surface area contributed by atoms with Crippen LogP contribution >= 0.6 is 31.9 Å². The van der Waals surface area contributed by atoms with Crippen LogP contribution in [-0.4, -0.2) is 41.3 Å². The number of benzene rings is 6. The van der Waals surface area contributed by atoms with Gasteiger partial charge in [0.15, 0.2) is 0 Å². The largest absolute Gasteiger partial charge is 0.497 e. The molecule has 12 aromatic rings. The smallest absolute Gasteiger partial charge is 0.118 e. The van der Waals surface area contributed by atoms with Crippen LogP contribution in [0.1, 0.15) is 63.9 Å². The van der Waals surface area contributed by atoms with E-state index >= 15 is 0 Å². The van der Waals surface area contributed by atoms with Gasteiger partial charge in [-0.1, -0.05) is 60.7 Å². The number of methoxy groups -OCH3 is 1. The number of hydrogen-bond donors (Lipinski definition) is 1. The normalized spacial score (nSPS) is 16.8. The van der Waals surface area contributed by atoms with Crippen molar-refractivity contribution >= 4 is 75.5 Å². The number of nitrogens with zero attached hydrogens (tertiary/aromatic N) is 6. The van der Waals surface area contributed by atoms with Gasteiger partial charge >= 0.3 is 0 Å². The van der Waals surface area contributed by atoms with E-state index in [-0.39, 0.29) is 6.61 Å². The molecule has 1 N–H and O–H groups in total. The Morgan fingerprint density at radius 1 is 0.432 bits per heavy atom. The van der Waals surface area contributed by atoms with E-state index < -0.39 is 10.8 Å². The number of halogens is 2. The quantitative estimate of drug-likeness (QED) is 0.178. The van der Waals surface area contributed by atoms with Gasteiger partial charge in [-0.25, -0.2) is 0 Å². The first kappa shape index (κ1) is 43.8. The summed E-state index contributed by atoms with van der Waals surface area (Å²) in [5, 5.41) is 15.0. The Hall–Kier alpha value is -7.76. The summed E-state index contributed by atoms with van der Waals surface area (Å²) in [4.78, 5) is 21.1. The number of fused-ring (bicyclic) bond motifs is 16. The highest BCUT2D eigenvalue weighted by atomic mass is 79.9. The predicted octanol–water partition coefficient (Wildman–Crippen LogP) is 14.9. The summed E-state index contributed by atoms with van der Waals surface area (Å²) < 4.78 is 12.4. The van der Waals surface area contributed by atoms with Crippen LogP contribution in [0.15, 0.2) is 179 Å². The number of aliphatic hydroxyl groups is 1. The summed E-state index contributed by atoms with van der Waals surface area (Å²) in [7, 11) is 1.72. The van der Waals surface area contributed by atoms with Crippen LogP contribution in [-0.2, 0) is 30.5 Å². The van der Waals surface area contributed by atoms with Gasteiger partial charge in [0, 0.05) is 124 Å². The second-order valence-corrected chi connectivity index (χ2v) is 21.7. The molecule has 12 bridgehead atoms. The lowest BCUT2D eigenvalue weighted by atomic mass is 9.67. The molecule has 0 unspecified atom stereocenters. The molecule has 0 saturated heterocycles. The van der Waals surface area contributed by atoms with Gasteiger partial charge in [0.2, 0.25) is 0 Å². The number of pyridine rings is 4. The van der Waals surface area contributed by atoms with Crippen molar-refractivity contribution in [3.05, 3.63) is 229 Å². The first-order chi connectivity index (χ1) is 36.3. The van der Waals surface area contributed by atoms with E-state index in [0.29, 0.717) is 0 Å². The Kier molecular flexibility index (Phi) is 9.39. The first-order valence-corrected chi connectivity index (χ1v) is 26.7. The minimum Gasteiger partial charge on any atom is -0.497 e. The molecule has 3 aliphatic rings. The molecule has 15 rings (SSSR count). The fourth-order valence-electron chi connectivity index (χ4n) is 13.3. The van der Waals surface area contributed by atoms with Gasteiger partial charge in [-0.15, -0.1) is 0 Å². The van der Waals surface area contributed by atoms with Crippen LogP contribution < -0.4 is 4.74 Å². The molecule has 8 nitrogen and oxygen atoms in total. The van der Waals surface area contributed by atoms with Gasteiger partial charge in [0.1, 0.15) is 5.75 Å². The van der Waals surface area contributed by atoms with Crippen LogP contribution in [0.4, 0.5) is 0 Å². The van der Waals surface area contributed by atoms with Gasteiger partial charge in [-0.2, -0.15) is 0 Å². The fraction of sp³-hybridized carbons (Fsp3) is 0.125. The fourth-order valence-corrected chi connectivity index (χ4v) is 14.0. The van der Waals surface area contributed by atoms with E-state index in [1.54, 1.807) is 7.11 Å². The lowest BCUT2D eigenvalue weighted by Crippen LogP contribution is -2.29. The maximum atomic E-state index is 10.3. The number of rotatable bonds is 6. The molecule has 356 valence electrons. The molecule has 0 amide bonds. The third kappa shape index (κ3) is 5.70. The maximum Gasteiger partial charge on any atom is 0.118 e. The summed E-state index contributed by atoms with van der Waals surface area (Å²) in [6.45, 7) is 5.99. The number of aliphatic hydroxyl groups excluding tert-OH is 1. The Morgan fingerprint density at radius 3 is 1.23 bits per heavy atom. The van der Waals surface area contributed by atoms with E-state index in [1.807, 2.05) is 36.9 Å². The molecule has 74 heavy (non-hydrogen) atoms. The Morgan fingerprint density at radius 2 is 0.811 bits per heavy atom. The van der Waals surface area contributed by atoms with Crippen molar-refractivity contribution in [1.82, 2.24) is 29.1 Å². The molecular weight excluding hydrogens is 1040 g/mol. The number of aromatic nitrogens is 6. The number of aryl methyl sites for hydroxylation is 2. The second kappa shape index (κ2) is 15.9. The highest BCUT2D eigenvalue weighted by Gasteiger charge is 2.50. The van der Waals surface area contributed by atoms with E-state index in [0.717, 1.165) is 166 Å². The minimum absolute atomic E-state index is 0.0493. The lowest BCUT2D eigenvalue weighted by Gasteiger charge is -2.34.